The number of H-pyrrole nitrogens is 1. The maximum atomic E-state index is 13.1. The number of rotatable bonds is 5. The van der Waals surface area contributed by atoms with Gasteiger partial charge in [-0.05, 0) is 41.3 Å². The molecule has 3 rings (SSSR count). The number of benzene rings is 2. The summed E-state index contributed by atoms with van der Waals surface area (Å²) in [7, 11) is 0. The zero-order chi connectivity index (χ0) is 18.5. The zero-order valence-electron chi connectivity index (χ0n) is 14.5. The number of carbonyl (C=O) groups is 1. The molecular weight excluding hydrogens is 331 g/mol. The first-order valence-corrected chi connectivity index (χ1v) is 8.27. The number of aromatic amines is 1. The normalized spacial score (nSPS) is 11.2. The van der Waals surface area contributed by atoms with Crippen molar-refractivity contribution in [2.45, 2.75) is 19.8 Å². The number of hydrogen-bond acceptors (Lipinski definition) is 3. The molecule has 0 saturated heterocycles. The minimum absolute atomic E-state index is 0.292. The van der Waals surface area contributed by atoms with Crippen LogP contribution in [0.25, 0.3) is 11.1 Å². The lowest BCUT2D eigenvalue weighted by Crippen LogP contribution is -2.17. The van der Waals surface area contributed by atoms with Gasteiger partial charge in [0, 0.05) is 11.1 Å². The third kappa shape index (κ3) is 4.03. The Morgan fingerprint density at radius 3 is 2.50 bits per heavy atom. The molecule has 1 amide bonds. The predicted molar refractivity (Wildman–Crippen MR) is 99.6 cm³/mol. The summed E-state index contributed by atoms with van der Waals surface area (Å²) in [6.45, 7) is 4.20. The first kappa shape index (κ1) is 17.5. The monoisotopic (exact) mass is 350 g/mol. The molecule has 0 atom stereocenters. The molecule has 0 radical (unpaired) electrons. The summed E-state index contributed by atoms with van der Waals surface area (Å²) in [4.78, 5) is 12.2. The standard InChI is InChI=1S/C20H19FN4O/c1-13(2)14-3-5-16(6-4-14)20(26)25-23-12-19-18(11-22-24-19)15-7-9-17(21)10-8-15/h3-13H,1-2H3,(H,22,24)(H,25,26)/b23-12+. The number of amides is 1. The van der Waals surface area contributed by atoms with Gasteiger partial charge in [-0.1, -0.05) is 38.1 Å². The van der Waals surface area contributed by atoms with Crippen LogP contribution in [0.2, 0.25) is 0 Å². The third-order valence-electron chi connectivity index (χ3n) is 4.02. The molecule has 0 bridgehead atoms. The number of halogens is 1. The molecule has 2 aromatic carbocycles. The van der Waals surface area contributed by atoms with Crippen molar-refractivity contribution in [1.82, 2.24) is 15.6 Å². The van der Waals surface area contributed by atoms with Crippen LogP contribution in [0.4, 0.5) is 4.39 Å². The highest BCUT2D eigenvalue weighted by atomic mass is 19.1. The molecular formula is C20H19FN4O. The summed E-state index contributed by atoms with van der Waals surface area (Å²) in [6, 6.07) is 13.5. The van der Waals surface area contributed by atoms with Gasteiger partial charge in [0.05, 0.1) is 18.1 Å². The number of nitrogens with zero attached hydrogens (tertiary/aromatic N) is 2. The molecule has 1 aromatic heterocycles. The average Bonchev–Trinajstić information content (AvgIpc) is 3.11. The lowest BCUT2D eigenvalue weighted by Gasteiger charge is -2.06. The SMILES string of the molecule is CC(C)c1ccc(C(=O)N/N=C/c2[nH]ncc2-c2ccc(F)cc2)cc1. The molecule has 0 saturated carbocycles. The van der Waals surface area contributed by atoms with E-state index in [9.17, 15) is 9.18 Å². The van der Waals surface area contributed by atoms with Crippen molar-refractivity contribution in [2.24, 2.45) is 5.10 Å². The molecule has 0 aliphatic carbocycles. The lowest BCUT2D eigenvalue weighted by molar-refractivity contribution is 0.0955. The van der Waals surface area contributed by atoms with E-state index in [0.29, 0.717) is 17.2 Å². The molecule has 3 aromatic rings. The Labute approximate surface area is 151 Å². The average molecular weight is 350 g/mol. The van der Waals surface area contributed by atoms with Gasteiger partial charge in [-0.3, -0.25) is 9.89 Å². The zero-order valence-corrected chi connectivity index (χ0v) is 14.5. The van der Waals surface area contributed by atoms with E-state index in [1.807, 2.05) is 12.1 Å². The van der Waals surface area contributed by atoms with E-state index in [2.05, 4.69) is 34.6 Å². The first-order valence-electron chi connectivity index (χ1n) is 8.27. The van der Waals surface area contributed by atoms with Gasteiger partial charge in [0.2, 0.25) is 0 Å². The van der Waals surface area contributed by atoms with Crippen LogP contribution in [-0.2, 0) is 0 Å². The van der Waals surface area contributed by atoms with E-state index in [4.69, 9.17) is 0 Å². The van der Waals surface area contributed by atoms with Crippen molar-refractivity contribution in [2.75, 3.05) is 0 Å². The fourth-order valence-electron chi connectivity index (χ4n) is 2.49. The van der Waals surface area contributed by atoms with E-state index in [1.165, 1.54) is 23.9 Å². The predicted octanol–water partition coefficient (Wildman–Crippen LogP) is 4.10. The van der Waals surface area contributed by atoms with Crippen molar-refractivity contribution in [3.05, 3.63) is 77.4 Å². The van der Waals surface area contributed by atoms with Gasteiger partial charge < -0.3 is 0 Å². The van der Waals surface area contributed by atoms with Crippen LogP contribution in [0.1, 0.15) is 41.4 Å². The molecule has 26 heavy (non-hydrogen) atoms. The summed E-state index contributed by atoms with van der Waals surface area (Å²) in [5.41, 5.74) is 6.39. The molecule has 0 fully saturated rings. The number of hydrogen-bond donors (Lipinski definition) is 2. The molecule has 2 N–H and O–H groups in total. The largest absolute Gasteiger partial charge is 0.276 e. The van der Waals surface area contributed by atoms with Gasteiger partial charge in [-0.2, -0.15) is 10.2 Å². The second-order valence-electron chi connectivity index (χ2n) is 6.18. The van der Waals surface area contributed by atoms with E-state index in [0.717, 1.165) is 11.1 Å². The first-order chi connectivity index (χ1) is 12.5. The van der Waals surface area contributed by atoms with Crippen LogP contribution in [-0.4, -0.2) is 22.3 Å². The molecule has 5 nitrogen and oxygen atoms in total. The Balaban J connectivity index is 1.68. The highest BCUT2D eigenvalue weighted by Crippen LogP contribution is 2.21. The van der Waals surface area contributed by atoms with Crippen LogP contribution in [0.5, 0.6) is 0 Å². The Morgan fingerprint density at radius 2 is 1.85 bits per heavy atom. The fourth-order valence-corrected chi connectivity index (χ4v) is 2.49. The summed E-state index contributed by atoms with van der Waals surface area (Å²) in [5, 5.41) is 10.8. The van der Waals surface area contributed by atoms with Gasteiger partial charge in [0.25, 0.3) is 5.91 Å². The van der Waals surface area contributed by atoms with Crippen molar-refractivity contribution in [3.8, 4) is 11.1 Å². The Kier molecular flexibility index (Phi) is 5.22. The molecule has 0 unspecified atom stereocenters. The van der Waals surface area contributed by atoms with E-state index in [1.54, 1.807) is 30.5 Å². The summed E-state index contributed by atoms with van der Waals surface area (Å²) in [6.07, 6.45) is 3.10. The number of carbonyl (C=O) groups excluding carboxylic acids is 1. The Morgan fingerprint density at radius 1 is 1.15 bits per heavy atom. The maximum absolute atomic E-state index is 13.1. The topological polar surface area (TPSA) is 70.1 Å². The second-order valence-corrected chi connectivity index (χ2v) is 6.18. The quantitative estimate of drug-likeness (QED) is 0.537. The minimum Gasteiger partial charge on any atom is -0.276 e. The Bertz CT molecular complexity index is 912. The van der Waals surface area contributed by atoms with Gasteiger partial charge in [0.15, 0.2) is 0 Å². The van der Waals surface area contributed by atoms with E-state index >= 15 is 0 Å². The highest BCUT2D eigenvalue weighted by molar-refractivity contribution is 5.95. The Hall–Kier alpha value is -3.28. The van der Waals surface area contributed by atoms with Gasteiger partial charge in [0.1, 0.15) is 5.82 Å². The smallest absolute Gasteiger partial charge is 0.271 e. The molecule has 1 heterocycles. The molecule has 6 heteroatoms. The number of nitrogens with one attached hydrogen (secondary N) is 2. The molecule has 0 aliphatic rings. The van der Waals surface area contributed by atoms with Crippen LogP contribution < -0.4 is 5.43 Å². The lowest BCUT2D eigenvalue weighted by atomic mass is 10.0. The van der Waals surface area contributed by atoms with Crippen LogP contribution >= 0.6 is 0 Å². The minimum atomic E-state index is -0.303. The molecule has 0 spiro atoms. The third-order valence-corrected chi connectivity index (χ3v) is 4.02. The van der Waals surface area contributed by atoms with Crippen molar-refractivity contribution in [1.29, 1.82) is 0 Å². The summed E-state index contributed by atoms with van der Waals surface area (Å²) < 4.78 is 13.1. The summed E-state index contributed by atoms with van der Waals surface area (Å²) >= 11 is 0. The van der Waals surface area contributed by atoms with Crippen LogP contribution in [0.3, 0.4) is 0 Å². The van der Waals surface area contributed by atoms with E-state index in [-0.39, 0.29) is 11.7 Å². The number of aromatic nitrogens is 2. The van der Waals surface area contributed by atoms with Crippen LogP contribution in [0.15, 0.2) is 59.8 Å². The molecule has 132 valence electrons. The van der Waals surface area contributed by atoms with Gasteiger partial charge in [-0.15, -0.1) is 0 Å². The van der Waals surface area contributed by atoms with Gasteiger partial charge >= 0.3 is 0 Å². The van der Waals surface area contributed by atoms with Crippen molar-refractivity contribution >= 4 is 12.1 Å². The summed E-state index contributed by atoms with van der Waals surface area (Å²) in [5.74, 6) is -0.182. The maximum Gasteiger partial charge on any atom is 0.271 e. The fraction of sp³-hybridized carbons (Fsp3) is 0.150. The number of hydrazone groups is 1. The molecule has 0 aliphatic heterocycles. The van der Waals surface area contributed by atoms with Crippen molar-refractivity contribution in [3.63, 3.8) is 0 Å². The van der Waals surface area contributed by atoms with E-state index < -0.39 is 0 Å². The van der Waals surface area contributed by atoms with Gasteiger partial charge in [-0.25, -0.2) is 9.82 Å². The second kappa shape index (κ2) is 7.74. The van der Waals surface area contributed by atoms with Crippen molar-refractivity contribution < 1.29 is 9.18 Å². The highest BCUT2D eigenvalue weighted by Gasteiger charge is 2.08. The van der Waals surface area contributed by atoms with Crippen LogP contribution in [0, 0.1) is 5.82 Å².